The van der Waals surface area contributed by atoms with E-state index in [9.17, 15) is 9.59 Å². The fraction of sp³-hybridized carbons (Fsp3) is 0.200. The van der Waals surface area contributed by atoms with Crippen LogP contribution < -0.4 is 20.1 Å². The van der Waals surface area contributed by atoms with E-state index in [1.807, 2.05) is 6.92 Å². The molecular formula is C15H13IN2O4. The number of ether oxygens (including phenoxy) is 2. The molecule has 1 heterocycles. The molecule has 0 radical (unpaired) electrons. The molecule has 0 aliphatic carbocycles. The molecule has 0 bridgehead atoms. The third kappa shape index (κ3) is 3.71. The Morgan fingerprint density at radius 3 is 2.68 bits per heavy atom. The summed E-state index contributed by atoms with van der Waals surface area (Å²) in [6.45, 7) is 2.45. The van der Waals surface area contributed by atoms with Crippen LogP contribution in [0.3, 0.4) is 0 Å². The maximum atomic E-state index is 11.6. The number of nitrogens with one attached hydrogen (secondary N) is 2. The van der Waals surface area contributed by atoms with Crippen molar-refractivity contribution in [2.45, 2.75) is 6.92 Å². The van der Waals surface area contributed by atoms with E-state index in [2.05, 4.69) is 39.1 Å². The maximum Gasteiger partial charge on any atom is 0.326 e. The molecule has 1 aliphatic heterocycles. The number of imide groups is 1. The van der Waals surface area contributed by atoms with E-state index < -0.39 is 11.9 Å². The molecule has 1 saturated heterocycles. The molecule has 2 rings (SSSR count). The maximum absolute atomic E-state index is 11.6. The molecule has 1 aromatic rings. The van der Waals surface area contributed by atoms with E-state index in [1.165, 1.54) is 0 Å². The second-order valence-electron chi connectivity index (χ2n) is 4.22. The predicted molar refractivity (Wildman–Crippen MR) is 89.3 cm³/mol. The Morgan fingerprint density at radius 1 is 1.32 bits per heavy atom. The number of amides is 3. The number of urea groups is 1. The van der Waals surface area contributed by atoms with Crippen molar-refractivity contribution < 1.29 is 19.1 Å². The first-order valence-corrected chi connectivity index (χ1v) is 7.49. The minimum Gasteiger partial charge on any atom is -0.490 e. The number of hydrogen-bond donors (Lipinski definition) is 2. The molecule has 7 heteroatoms. The van der Waals surface area contributed by atoms with Gasteiger partial charge in [-0.05, 0) is 53.3 Å². The number of carbonyl (C=O) groups excluding carboxylic acids is 2. The summed E-state index contributed by atoms with van der Waals surface area (Å²) in [7, 11) is 0. The summed E-state index contributed by atoms with van der Waals surface area (Å²) in [5, 5.41) is 4.58. The highest BCUT2D eigenvalue weighted by Gasteiger charge is 2.23. The molecule has 1 fully saturated rings. The molecule has 0 aromatic heterocycles. The molecule has 1 aliphatic rings. The summed E-state index contributed by atoms with van der Waals surface area (Å²) in [6.07, 6.45) is 6.77. The number of rotatable bonds is 5. The Morgan fingerprint density at radius 2 is 2.09 bits per heavy atom. The van der Waals surface area contributed by atoms with Crippen LogP contribution in [0.4, 0.5) is 4.79 Å². The van der Waals surface area contributed by atoms with Gasteiger partial charge in [0.1, 0.15) is 12.3 Å². The lowest BCUT2D eigenvalue weighted by molar-refractivity contribution is -0.115. The monoisotopic (exact) mass is 412 g/mol. The van der Waals surface area contributed by atoms with Gasteiger partial charge in [-0.15, -0.1) is 6.42 Å². The fourth-order valence-corrected chi connectivity index (χ4v) is 2.62. The summed E-state index contributed by atoms with van der Waals surface area (Å²) in [4.78, 5) is 22.7. The van der Waals surface area contributed by atoms with E-state index in [-0.39, 0.29) is 12.3 Å². The molecule has 0 spiro atoms. The summed E-state index contributed by atoms with van der Waals surface area (Å²) < 4.78 is 11.8. The Balaban J connectivity index is 2.38. The van der Waals surface area contributed by atoms with Crippen LogP contribution in [0.1, 0.15) is 12.5 Å². The third-order valence-corrected chi connectivity index (χ3v) is 3.46. The summed E-state index contributed by atoms with van der Waals surface area (Å²) in [5.41, 5.74) is 0.883. The second-order valence-corrected chi connectivity index (χ2v) is 5.38. The molecule has 3 amide bonds. The minimum absolute atomic E-state index is 0.134. The average molecular weight is 412 g/mol. The van der Waals surface area contributed by atoms with Gasteiger partial charge in [0.05, 0.1) is 10.2 Å². The van der Waals surface area contributed by atoms with E-state index in [4.69, 9.17) is 15.9 Å². The Kier molecular flexibility index (Phi) is 5.27. The second kappa shape index (κ2) is 7.17. The zero-order chi connectivity index (χ0) is 16.1. The molecular weight excluding hydrogens is 399 g/mol. The molecule has 2 N–H and O–H groups in total. The SMILES string of the molecule is C#CCOc1c(I)cc(/C=C2/NC(=O)NC2=O)cc1OCC. The van der Waals surface area contributed by atoms with Crippen LogP contribution in [0, 0.1) is 15.9 Å². The van der Waals surface area contributed by atoms with Gasteiger partial charge in [0, 0.05) is 0 Å². The summed E-state index contributed by atoms with van der Waals surface area (Å²) >= 11 is 2.10. The van der Waals surface area contributed by atoms with Crippen LogP contribution in [0.25, 0.3) is 6.08 Å². The topological polar surface area (TPSA) is 76.7 Å². The smallest absolute Gasteiger partial charge is 0.326 e. The highest BCUT2D eigenvalue weighted by atomic mass is 127. The first kappa shape index (κ1) is 16.2. The number of halogens is 1. The lowest BCUT2D eigenvalue weighted by atomic mass is 10.1. The number of hydrogen-bond acceptors (Lipinski definition) is 4. The van der Waals surface area contributed by atoms with Gasteiger partial charge in [0.15, 0.2) is 11.5 Å². The van der Waals surface area contributed by atoms with Crippen LogP contribution in [-0.2, 0) is 4.79 Å². The number of terminal acetylenes is 1. The molecule has 0 unspecified atom stereocenters. The van der Waals surface area contributed by atoms with Gasteiger partial charge in [-0.2, -0.15) is 0 Å². The van der Waals surface area contributed by atoms with Crippen molar-refractivity contribution in [1.82, 2.24) is 10.6 Å². The molecule has 6 nitrogen and oxygen atoms in total. The van der Waals surface area contributed by atoms with E-state index in [0.717, 1.165) is 3.57 Å². The average Bonchev–Trinajstić information content (AvgIpc) is 2.76. The van der Waals surface area contributed by atoms with Crippen molar-refractivity contribution in [3.05, 3.63) is 27.0 Å². The van der Waals surface area contributed by atoms with Crippen LogP contribution in [-0.4, -0.2) is 25.2 Å². The number of benzene rings is 1. The lowest BCUT2D eigenvalue weighted by Gasteiger charge is -2.13. The zero-order valence-corrected chi connectivity index (χ0v) is 13.9. The third-order valence-electron chi connectivity index (χ3n) is 2.66. The van der Waals surface area contributed by atoms with Gasteiger partial charge in [-0.3, -0.25) is 10.1 Å². The van der Waals surface area contributed by atoms with Crippen molar-refractivity contribution in [2.75, 3.05) is 13.2 Å². The van der Waals surface area contributed by atoms with Crippen molar-refractivity contribution in [3.63, 3.8) is 0 Å². The van der Waals surface area contributed by atoms with Gasteiger partial charge in [-0.1, -0.05) is 5.92 Å². The first-order valence-electron chi connectivity index (χ1n) is 6.41. The summed E-state index contributed by atoms with van der Waals surface area (Å²) in [6, 6.07) is 2.99. The lowest BCUT2D eigenvalue weighted by Crippen LogP contribution is -2.22. The normalized spacial score (nSPS) is 15.2. The van der Waals surface area contributed by atoms with Crippen LogP contribution in [0.5, 0.6) is 11.5 Å². The van der Waals surface area contributed by atoms with Crippen molar-refractivity contribution in [2.24, 2.45) is 0 Å². The summed E-state index contributed by atoms with van der Waals surface area (Å²) in [5.74, 6) is 3.02. The van der Waals surface area contributed by atoms with Crippen LogP contribution in [0.15, 0.2) is 17.8 Å². The molecule has 0 saturated carbocycles. The van der Waals surface area contributed by atoms with Crippen molar-refractivity contribution in [3.8, 4) is 23.8 Å². The highest BCUT2D eigenvalue weighted by Crippen LogP contribution is 2.34. The van der Waals surface area contributed by atoms with Crippen LogP contribution in [0.2, 0.25) is 0 Å². The fourth-order valence-electron chi connectivity index (χ4n) is 1.84. The van der Waals surface area contributed by atoms with E-state index in [0.29, 0.717) is 23.7 Å². The minimum atomic E-state index is -0.537. The number of carbonyl (C=O) groups is 2. The first-order chi connectivity index (χ1) is 10.5. The molecule has 0 atom stereocenters. The Labute approximate surface area is 141 Å². The molecule has 1 aromatic carbocycles. The van der Waals surface area contributed by atoms with Crippen molar-refractivity contribution in [1.29, 1.82) is 0 Å². The van der Waals surface area contributed by atoms with Gasteiger partial charge in [0.2, 0.25) is 0 Å². The largest absolute Gasteiger partial charge is 0.490 e. The van der Waals surface area contributed by atoms with Crippen LogP contribution >= 0.6 is 22.6 Å². The standard InChI is InChI=1S/C15H13IN2O4/c1-3-5-22-13-10(16)6-9(8-12(13)21-4-2)7-11-14(19)18-15(20)17-11/h1,6-8H,4-5H2,2H3,(H2,17,18,19,20)/b11-7+. The molecule has 114 valence electrons. The van der Waals surface area contributed by atoms with E-state index >= 15 is 0 Å². The van der Waals surface area contributed by atoms with Gasteiger partial charge >= 0.3 is 6.03 Å². The van der Waals surface area contributed by atoms with Gasteiger partial charge in [-0.25, -0.2) is 4.79 Å². The Hall–Kier alpha value is -2.21. The highest BCUT2D eigenvalue weighted by molar-refractivity contribution is 14.1. The van der Waals surface area contributed by atoms with E-state index in [1.54, 1.807) is 18.2 Å². The van der Waals surface area contributed by atoms with Gasteiger partial charge in [0.25, 0.3) is 5.91 Å². The predicted octanol–water partition coefficient (Wildman–Crippen LogP) is 1.88. The zero-order valence-electron chi connectivity index (χ0n) is 11.7. The quantitative estimate of drug-likeness (QED) is 0.335. The molecule has 22 heavy (non-hydrogen) atoms. The van der Waals surface area contributed by atoms with Gasteiger partial charge < -0.3 is 14.8 Å². The Bertz CT molecular complexity index is 692. The van der Waals surface area contributed by atoms with Crippen molar-refractivity contribution >= 4 is 40.6 Å².